The van der Waals surface area contributed by atoms with Gasteiger partial charge in [0, 0.05) is 30.4 Å². The van der Waals surface area contributed by atoms with Crippen molar-refractivity contribution in [2.45, 2.75) is 38.4 Å². The molecule has 38 heavy (non-hydrogen) atoms. The number of rotatable bonds is 9. The van der Waals surface area contributed by atoms with Crippen molar-refractivity contribution < 1.29 is 19.2 Å². The lowest BCUT2D eigenvalue weighted by molar-refractivity contribution is -0.143. The molecule has 3 aliphatic heterocycles. The van der Waals surface area contributed by atoms with Crippen LogP contribution < -0.4 is 10.2 Å². The van der Waals surface area contributed by atoms with Gasteiger partial charge < -0.3 is 9.80 Å². The van der Waals surface area contributed by atoms with E-state index in [2.05, 4.69) is 5.32 Å². The van der Waals surface area contributed by atoms with Crippen LogP contribution >= 0.6 is 11.8 Å². The van der Waals surface area contributed by atoms with Crippen LogP contribution in [0.15, 0.2) is 54.6 Å². The number of hydrogen-bond donors (Lipinski definition) is 1. The fraction of sp³-hybridized carbons (Fsp3) is 0.448. The van der Waals surface area contributed by atoms with E-state index in [0.29, 0.717) is 30.8 Å². The number of carbonyl (C=O) groups is 4. The maximum atomic E-state index is 14.4. The van der Waals surface area contributed by atoms with Crippen molar-refractivity contribution >= 4 is 41.1 Å². The van der Waals surface area contributed by atoms with Crippen molar-refractivity contribution in [1.29, 1.82) is 0 Å². The average Bonchev–Trinajstić information content (AvgIpc) is 3.49. The van der Waals surface area contributed by atoms with Gasteiger partial charge in [0.2, 0.25) is 17.7 Å². The summed E-state index contributed by atoms with van der Waals surface area (Å²) in [5.74, 6) is -1.77. The summed E-state index contributed by atoms with van der Waals surface area (Å²) in [7, 11) is 0. The number of anilines is 1. The van der Waals surface area contributed by atoms with Gasteiger partial charge in [-0.3, -0.25) is 29.4 Å². The van der Waals surface area contributed by atoms with Crippen molar-refractivity contribution in [2.24, 2.45) is 11.8 Å². The first-order valence-electron chi connectivity index (χ1n) is 13.2. The Balaban J connectivity index is 1.57. The topological polar surface area (TPSA) is 90.0 Å². The first kappa shape index (κ1) is 26.4. The van der Waals surface area contributed by atoms with Crippen LogP contribution in [0.2, 0.25) is 0 Å². The van der Waals surface area contributed by atoms with Gasteiger partial charge in [-0.2, -0.15) is 11.8 Å². The van der Waals surface area contributed by atoms with Gasteiger partial charge in [0.05, 0.1) is 18.4 Å². The maximum Gasteiger partial charge on any atom is 0.253 e. The van der Waals surface area contributed by atoms with Gasteiger partial charge in [0.25, 0.3) is 5.91 Å². The van der Waals surface area contributed by atoms with Crippen LogP contribution in [0.3, 0.4) is 0 Å². The third kappa shape index (κ3) is 4.03. The fourth-order valence-corrected chi connectivity index (χ4v) is 6.88. The molecule has 8 nitrogen and oxygen atoms in total. The molecule has 0 radical (unpaired) electrons. The highest BCUT2D eigenvalue weighted by Gasteiger charge is 2.71. The number of fused-ring (bicyclic) bond motifs is 4. The van der Waals surface area contributed by atoms with Crippen LogP contribution in [0.25, 0.3) is 0 Å². The summed E-state index contributed by atoms with van der Waals surface area (Å²) in [4.78, 5) is 60.0. The van der Waals surface area contributed by atoms with Crippen LogP contribution in [0, 0.1) is 11.8 Å². The predicted octanol–water partition coefficient (Wildman–Crippen LogP) is 2.62. The van der Waals surface area contributed by atoms with Crippen LogP contribution in [-0.4, -0.2) is 71.1 Å². The Morgan fingerprint density at radius 1 is 0.974 bits per heavy atom. The van der Waals surface area contributed by atoms with Gasteiger partial charge in [0.15, 0.2) is 0 Å². The van der Waals surface area contributed by atoms with Crippen molar-refractivity contribution in [2.75, 3.05) is 36.5 Å². The number of thioether (sulfide) groups is 1. The maximum absolute atomic E-state index is 14.4. The molecule has 2 fully saturated rings. The quantitative estimate of drug-likeness (QED) is 0.498. The number of hydrogen-bond acceptors (Lipinski definition) is 6. The van der Waals surface area contributed by atoms with E-state index in [0.717, 1.165) is 11.3 Å². The zero-order valence-corrected chi connectivity index (χ0v) is 22.9. The molecule has 0 bridgehead atoms. The van der Waals surface area contributed by atoms with Crippen molar-refractivity contribution in [3.8, 4) is 0 Å². The molecule has 0 aromatic heterocycles. The molecule has 1 spiro atoms. The zero-order chi connectivity index (χ0) is 27.0. The SMILES string of the molecule is CCN(CC)C(=O)CN1C(=O)C2(NC(CCSC)C3C(=O)N(Cc4ccccc4)C(=O)C32)c2ccccc21. The number of para-hydroxylation sites is 1. The van der Waals surface area contributed by atoms with E-state index in [-0.39, 0.29) is 42.8 Å². The summed E-state index contributed by atoms with van der Waals surface area (Å²) < 4.78 is 0. The molecule has 4 atom stereocenters. The lowest BCUT2D eigenvalue weighted by Crippen LogP contribution is -2.56. The third-order valence-corrected chi connectivity index (χ3v) is 8.83. The number of amides is 4. The molecule has 3 heterocycles. The van der Waals surface area contributed by atoms with Gasteiger partial charge in [-0.1, -0.05) is 48.5 Å². The van der Waals surface area contributed by atoms with E-state index in [1.165, 1.54) is 9.80 Å². The Kier molecular flexibility index (Phi) is 7.33. The molecular weight excluding hydrogens is 500 g/mol. The minimum atomic E-state index is -1.38. The standard InChI is InChI=1S/C29H34N4O4S/c1-4-31(5-2)23(34)18-32-22-14-10-9-13-20(22)29(28(32)37)25-24(21(30-29)15-16-38-3)26(35)33(27(25)36)17-19-11-7-6-8-12-19/h6-14,21,24-25,30H,4-5,15-18H2,1-3H3. The molecule has 0 aliphatic carbocycles. The molecule has 4 unspecified atom stereocenters. The first-order chi connectivity index (χ1) is 18.4. The highest BCUT2D eigenvalue weighted by atomic mass is 32.2. The number of carbonyl (C=O) groups excluding carboxylic acids is 4. The Morgan fingerprint density at radius 3 is 2.34 bits per heavy atom. The second-order valence-electron chi connectivity index (χ2n) is 10.1. The summed E-state index contributed by atoms with van der Waals surface area (Å²) in [5, 5.41) is 3.52. The van der Waals surface area contributed by atoms with Crippen LogP contribution in [0.4, 0.5) is 5.69 Å². The molecule has 5 rings (SSSR count). The fourth-order valence-electron chi connectivity index (χ4n) is 6.39. The van der Waals surface area contributed by atoms with Crippen molar-refractivity contribution in [3.05, 3.63) is 65.7 Å². The number of likely N-dealkylation sites (N-methyl/N-ethyl adjacent to an activating group) is 1. The van der Waals surface area contributed by atoms with E-state index in [9.17, 15) is 19.2 Å². The smallest absolute Gasteiger partial charge is 0.253 e. The van der Waals surface area contributed by atoms with Gasteiger partial charge in [-0.25, -0.2) is 0 Å². The Hall–Kier alpha value is -3.17. The normalized spacial score (nSPS) is 25.9. The summed E-state index contributed by atoms with van der Waals surface area (Å²) in [5.41, 5.74) is 0.770. The molecule has 1 N–H and O–H groups in total. The van der Waals surface area contributed by atoms with Crippen LogP contribution in [0.1, 0.15) is 31.4 Å². The van der Waals surface area contributed by atoms with Crippen LogP contribution in [0.5, 0.6) is 0 Å². The summed E-state index contributed by atoms with van der Waals surface area (Å²) in [6.07, 6.45) is 2.65. The summed E-state index contributed by atoms with van der Waals surface area (Å²) in [6, 6.07) is 16.5. The molecular formula is C29H34N4O4S. The van der Waals surface area contributed by atoms with Gasteiger partial charge >= 0.3 is 0 Å². The van der Waals surface area contributed by atoms with Crippen molar-refractivity contribution in [3.63, 3.8) is 0 Å². The van der Waals surface area contributed by atoms with Crippen molar-refractivity contribution in [1.82, 2.24) is 15.1 Å². The largest absolute Gasteiger partial charge is 0.342 e. The van der Waals surface area contributed by atoms with Crippen LogP contribution in [-0.2, 0) is 31.3 Å². The molecule has 3 aliphatic rings. The molecule has 9 heteroatoms. The first-order valence-corrected chi connectivity index (χ1v) is 14.6. The minimum absolute atomic E-state index is 0.107. The number of likely N-dealkylation sites (tertiary alicyclic amines) is 1. The lowest BCUT2D eigenvalue weighted by Gasteiger charge is -2.31. The zero-order valence-electron chi connectivity index (χ0n) is 22.1. The monoisotopic (exact) mass is 534 g/mol. The van der Waals surface area contributed by atoms with E-state index < -0.39 is 17.4 Å². The number of benzene rings is 2. The number of nitrogens with zero attached hydrogens (tertiary/aromatic N) is 3. The lowest BCUT2D eigenvalue weighted by atomic mass is 9.76. The van der Waals surface area contributed by atoms with Gasteiger partial charge in [-0.15, -0.1) is 0 Å². The highest BCUT2D eigenvalue weighted by molar-refractivity contribution is 7.98. The van der Waals surface area contributed by atoms with E-state index >= 15 is 0 Å². The summed E-state index contributed by atoms with van der Waals surface area (Å²) >= 11 is 1.67. The molecule has 200 valence electrons. The Labute approximate surface area is 227 Å². The minimum Gasteiger partial charge on any atom is -0.342 e. The molecule has 2 aromatic rings. The number of imide groups is 1. The molecule has 0 saturated carbocycles. The molecule has 4 amide bonds. The van der Waals surface area contributed by atoms with Gasteiger partial charge in [-0.05, 0) is 43.9 Å². The van der Waals surface area contributed by atoms with E-state index in [1.54, 1.807) is 16.7 Å². The molecule has 2 saturated heterocycles. The second-order valence-corrected chi connectivity index (χ2v) is 11.1. The third-order valence-electron chi connectivity index (χ3n) is 8.18. The predicted molar refractivity (Wildman–Crippen MR) is 147 cm³/mol. The van der Waals surface area contributed by atoms with E-state index in [1.807, 2.05) is 74.7 Å². The van der Waals surface area contributed by atoms with E-state index in [4.69, 9.17) is 0 Å². The highest BCUT2D eigenvalue weighted by Crippen LogP contribution is 2.55. The van der Waals surface area contributed by atoms with Gasteiger partial charge in [0.1, 0.15) is 12.1 Å². The second kappa shape index (κ2) is 10.5. The number of nitrogens with one attached hydrogen (secondary N) is 1. The Bertz CT molecular complexity index is 1250. The molecule has 2 aromatic carbocycles. The average molecular weight is 535 g/mol. The Morgan fingerprint density at radius 2 is 1.66 bits per heavy atom. The summed E-state index contributed by atoms with van der Waals surface area (Å²) in [6.45, 7) is 4.98.